The predicted octanol–water partition coefficient (Wildman–Crippen LogP) is 10.5. The van der Waals surface area contributed by atoms with Crippen molar-refractivity contribution < 1.29 is 0 Å². The molecule has 2 N–H and O–H groups in total. The SMILES string of the molecule is Cc1[nH]c2ccccc2c1-c1cccc2c1C=CC2C(C)(C)C1C=Cc2c(-c3c(C)[nH]c4ccccc34)cccc21. The van der Waals surface area contributed by atoms with Crippen LogP contribution in [0.2, 0.25) is 0 Å². The van der Waals surface area contributed by atoms with E-state index in [-0.39, 0.29) is 5.41 Å². The average Bonchev–Trinajstić information content (AvgIpc) is 3.74. The maximum absolute atomic E-state index is 3.61. The van der Waals surface area contributed by atoms with Crippen LogP contribution in [0.15, 0.2) is 97.1 Å². The molecular formula is C39H34N2. The molecule has 0 bridgehead atoms. The minimum absolute atomic E-state index is 0.00867. The third kappa shape index (κ3) is 3.43. The summed E-state index contributed by atoms with van der Waals surface area (Å²) in [4.78, 5) is 7.22. The van der Waals surface area contributed by atoms with E-state index in [1.165, 1.54) is 77.7 Å². The number of aromatic nitrogens is 2. The van der Waals surface area contributed by atoms with Crippen LogP contribution in [0.1, 0.15) is 59.3 Å². The third-order valence-corrected chi connectivity index (χ3v) is 9.79. The van der Waals surface area contributed by atoms with E-state index in [0.29, 0.717) is 11.8 Å². The number of nitrogens with one attached hydrogen (secondary N) is 2. The Morgan fingerprint density at radius 3 is 1.44 bits per heavy atom. The standard InChI is InChI=1S/C39H34N2/c1-23-37(31-11-5-7-17-35(31)40-23)29-15-9-13-27-25(29)19-21-33(27)39(3,4)34-22-20-26-28(34)14-10-16-30(26)38-24(2)41-36-18-8-6-12-32(36)38/h5-22,33-34,40-41H,1-4H3. The predicted molar refractivity (Wildman–Crippen MR) is 174 cm³/mol. The fourth-order valence-electron chi connectivity index (χ4n) is 7.85. The molecule has 0 radical (unpaired) electrons. The summed E-state index contributed by atoms with van der Waals surface area (Å²) in [7, 11) is 0. The number of H-pyrrole nitrogens is 2. The molecule has 2 nitrogen and oxygen atoms in total. The quantitative estimate of drug-likeness (QED) is 0.227. The first kappa shape index (κ1) is 24.3. The highest BCUT2D eigenvalue weighted by Gasteiger charge is 2.42. The van der Waals surface area contributed by atoms with Gasteiger partial charge in [-0.2, -0.15) is 0 Å². The highest BCUT2D eigenvalue weighted by molar-refractivity contribution is 6.01. The molecule has 2 unspecified atom stereocenters. The summed E-state index contributed by atoms with van der Waals surface area (Å²) in [6, 6.07) is 31.1. The van der Waals surface area contributed by atoms with E-state index in [0.717, 1.165) is 0 Å². The minimum Gasteiger partial charge on any atom is -0.358 e. The van der Waals surface area contributed by atoms with Crippen LogP contribution in [-0.4, -0.2) is 9.97 Å². The van der Waals surface area contributed by atoms with E-state index < -0.39 is 0 Å². The minimum atomic E-state index is -0.00867. The van der Waals surface area contributed by atoms with Crippen molar-refractivity contribution in [2.75, 3.05) is 0 Å². The Balaban J connectivity index is 1.21. The average molecular weight is 531 g/mol. The zero-order valence-corrected chi connectivity index (χ0v) is 24.0. The fraction of sp³-hybridized carbons (Fsp3) is 0.179. The first-order valence-electron chi connectivity index (χ1n) is 14.7. The molecule has 2 aromatic heterocycles. The number of rotatable bonds is 4. The molecule has 41 heavy (non-hydrogen) atoms. The van der Waals surface area contributed by atoms with E-state index >= 15 is 0 Å². The van der Waals surface area contributed by atoms with Crippen molar-refractivity contribution in [3.8, 4) is 22.3 Å². The molecule has 2 atom stereocenters. The number of fused-ring (bicyclic) bond motifs is 4. The summed E-state index contributed by atoms with van der Waals surface area (Å²) in [5.41, 5.74) is 15.7. The van der Waals surface area contributed by atoms with Crippen LogP contribution in [0.5, 0.6) is 0 Å². The van der Waals surface area contributed by atoms with Crippen molar-refractivity contribution in [2.24, 2.45) is 5.41 Å². The molecule has 8 rings (SSSR count). The number of hydrogen-bond acceptors (Lipinski definition) is 0. The molecule has 6 aromatic rings. The van der Waals surface area contributed by atoms with Crippen molar-refractivity contribution in [1.29, 1.82) is 0 Å². The Kier molecular flexibility index (Phi) is 5.16. The molecule has 2 heteroatoms. The monoisotopic (exact) mass is 530 g/mol. The molecule has 0 saturated carbocycles. The van der Waals surface area contributed by atoms with Gasteiger partial charge in [0.1, 0.15) is 0 Å². The molecule has 0 fully saturated rings. The summed E-state index contributed by atoms with van der Waals surface area (Å²) in [6.07, 6.45) is 9.67. The van der Waals surface area contributed by atoms with Gasteiger partial charge in [0.25, 0.3) is 0 Å². The van der Waals surface area contributed by atoms with Crippen LogP contribution in [-0.2, 0) is 0 Å². The van der Waals surface area contributed by atoms with E-state index in [9.17, 15) is 0 Å². The third-order valence-electron chi connectivity index (χ3n) is 9.79. The first-order valence-corrected chi connectivity index (χ1v) is 14.7. The summed E-state index contributed by atoms with van der Waals surface area (Å²) >= 11 is 0. The lowest BCUT2D eigenvalue weighted by molar-refractivity contribution is 0.292. The van der Waals surface area contributed by atoms with Gasteiger partial charge in [0, 0.05) is 56.2 Å². The highest BCUT2D eigenvalue weighted by atomic mass is 14.7. The normalized spacial score (nSPS) is 17.6. The zero-order chi connectivity index (χ0) is 27.9. The van der Waals surface area contributed by atoms with Crippen LogP contribution in [0.25, 0.3) is 56.2 Å². The van der Waals surface area contributed by atoms with Gasteiger partial charge >= 0.3 is 0 Å². The second-order valence-corrected chi connectivity index (χ2v) is 12.5. The topological polar surface area (TPSA) is 31.6 Å². The first-order chi connectivity index (χ1) is 19.9. The van der Waals surface area contributed by atoms with Crippen molar-refractivity contribution in [2.45, 2.75) is 39.5 Å². The summed E-state index contributed by atoms with van der Waals surface area (Å²) in [5.74, 6) is 0.643. The van der Waals surface area contributed by atoms with Gasteiger partial charge in [-0.25, -0.2) is 0 Å². The fourth-order valence-corrected chi connectivity index (χ4v) is 7.85. The maximum Gasteiger partial charge on any atom is 0.0462 e. The van der Waals surface area contributed by atoms with Gasteiger partial charge < -0.3 is 9.97 Å². The van der Waals surface area contributed by atoms with E-state index in [1.54, 1.807) is 0 Å². The largest absolute Gasteiger partial charge is 0.358 e. The number of aryl methyl sites for hydroxylation is 2. The molecule has 0 spiro atoms. The Bertz CT molecular complexity index is 1910. The van der Waals surface area contributed by atoms with Gasteiger partial charge in [0.15, 0.2) is 0 Å². The van der Waals surface area contributed by atoms with E-state index in [1.807, 2.05) is 0 Å². The van der Waals surface area contributed by atoms with Crippen LogP contribution >= 0.6 is 0 Å². The number of benzene rings is 4. The van der Waals surface area contributed by atoms with Crippen molar-refractivity contribution in [1.82, 2.24) is 9.97 Å². The number of para-hydroxylation sites is 2. The molecule has 0 aliphatic heterocycles. The second kappa shape index (κ2) is 8.72. The maximum atomic E-state index is 3.61. The number of hydrogen-bond donors (Lipinski definition) is 2. The Morgan fingerprint density at radius 2 is 0.976 bits per heavy atom. The summed E-state index contributed by atoms with van der Waals surface area (Å²) < 4.78 is 0. The smallest absolute Gasteiger partial charge is 0.0462 e. The molecule has 2 aliphatic rings. The summed E-state index contributed by atoms with van der Waals surface area (Å²) in [5, 5.41) is 2.59. The Labute approximate surface area is 241 Å². The van der Waals surface area contributed by atoms with Crippen molar-refractivity contribution in [3.05, 3.63) is 131 Å². The van der Waals surface area contributed by atoms with Crippen LogP contribution in [0, 0.1) is 19.3 Å². The van der Waals surface area contributed by atoms with Gasteiger partial charge in [-0.1, -0.05) is 111 Å². The lowest BCUT2D eigenvalue weighted by atomic mass is 9.66. The summed E-state index contributed by atoms with van der Waals surface area (Å²) in [6.45, 7) is 9.30. The van der Waals surface area contributed by atoms with Crippen LogP contribution in [0.3, 0.4) is 0 Å². The molecule has 4 aromatic carbocycles. The molecule has 0 amide bonds. The van der Waals surface area contributed by atoms with Gasteiger partial charge in [0.2, 0.25) is 0 Å². The zero-order valence-electron chi connectivity index (χ0n) is 24.0. The Morgan fingerprint density at radius 1 is 0.537 bits per heavy atom. The number of allylic oxidation sites excluding steroid dienone is 2. The second-order valence-electron chi connectivity index (χ2n) is 12.5. The number of aromatic amines is 2. The highest BCUT2D eigenvalue weighted by Crippen LogP contribution is 2.56. The molecule has 200 valence electrons. The van der Waals surface area contributed by atoms with Gasteiger partial charge in [-0.3, -0.25) is 0 Å². The van der Waals surface area contributed by atoms with Gasteiger partial charge in [-0.15, -0.1) is 0 Å². The molecule has 0 saturated heterocycles. The molecule has 2 heterocycles. The van der Waals surface area contributed by atoms with Crippen molar-refractivity contribution in [3.63, 3.8) is 0 Å². The molecular weight excluding hydrogens is 496 g/mol. The van der Waals surface area contributed by atoms with E-state index in [4.69, 9.17) is 0 Å². The Hall–Kier alpha value is -4.56. The van der Waals surface area contributed by atoms with Crippen LogP contribution in [0.4, 0.5) is 0 Å². The lowest BCUT2D eigenvalue weighted by Gasteiger charge is -2.37. The molecule has 2 aliphatic carbocycles. The van der Waals surface area contributed by atoms with E-state index in [2.05, 4.69) is 147 Å². The van der Waals surface area contributed by atoms with Gasteiger partial charge in [0.05, 0.1) is 0 Å². The lowest BCUT2D eigenvalue weighted by Crippen LogP contribution is -2.26. The van der Waals surface area contributed by atoms with Gasteiger partial charge in [-0.05, 0) is 64.8 Å². The van der Waals surface area contributed by atoms with Crippen LogP contribution < -0.4 is 0 Å². The van der Waals surface area contributed by atoms with Crippen molar-refractivity contribution >= 4 is 34.0 Å².